The molecule has 1 aromatic rings. The molecule has 0 aliphatic carbocycles. The third-order valence-electron chi connectivity index (χ3n) is 2.97. The molecule has 0 saturated carbocycles. The zero-order chi connectivity index (χ0) is 13.0. The highest BCUT2D eigenvalue weighted by atomic mass is 16.5. The van der Waals surface area contributed by atoms with Crippen LogP contribution in [-0.2, 0) is 4.79 Å². The number of para-hydroxylation sites is 1. The average molecular weight is 246 g/mol. The fourth-order valence-corrected chi connectivity index (χ4v) is 2.00. The number of carbonyl (C=O) groups excluding carboxylic acids is 1. The summed E-state index contributed by atoms with van der Waals surface area (Å²) in [5.74, 6) is 0.869. The molecule has 0 saturated heterocycles. The number of hydrogen-bond acceptors (Lipinski definition) is 3. The zero-order valence-corrected chi connectivity index (χ0v) is 10.5. The van der Waals surface area contributed by atoms with Crippen LogP contribution < -0.4 is 15.4 Å². The number of nitrogens with one attached hydrogen (secondary N) is 2. The van der Waals surface area contributed by atoms with Crippen molar-refractivity contribution in [3.8, 4) is 5.75 Å². The van der Waals surface area contributed by atoms with Gasteiger partial charge in [-0.15, -0.1) is 6.58 Å². The smallest absolute Gasteiger partial charge is 0.237 e. The van der Waals surface area contributed by atoms with Crippen LogP contribution in [-0.4, -0.2) is 25.1 Å². The minimum Gasteiger partial charge on any atom is -0.491 e. The van der Waals surface area contributed by atoms with E-state index in [4.69, 9.17) is 4.74 Å². The third kappa shape index (κ3) is 2.71. The highest BCUT2D eigenvalue weighted by Crippen LogP contribution is 2.31. The summed E-state index contributed by atoms with van der Waals surface area (Å²) in [6.45, 7) is 6.47. The fraction of sp³-hybridized carbons (Fsp3) is 0.357. The quantitative estimate of drug-likeness (QED) is 0.772. The average Bonchev–Trinajstić information content (AvgIpc) is 2.79. The molecule has 2 unspecified atom stereocenters. The van der Waals surface area contributed by atoms with Crippen LogP contribution in [0.5, 0.6) is 5.75 Å². The fourth-order valence-electron chi connectivity index (χ4n) is 2.00. The molecule has 1 aliphatic heterocycles. The van der Waals surface area contributed by atoms with Gasteiger partial charge in [0.1, 0.15) is 12.4 Å². The summed E-state index contributed by atoms with van der Waals surface area (Å²) in [5.41, 5.74) is 1.11. The van der Waals surface area contributed by atoms with Crippen molar-refractivity contribution in [3.63, 3.8) is 0 Å². The van der Waals surface area contributed by atoms with Crippen molar-refractivity contribution in [2.24, 2.45) is 0 Å². The molecule has 2 rings (SSSR count). The monoisotopic (exact) mass is 246 g/mol. The Balaban J connectivity index is 1.95. The van der Waals surface area contributed by atoms with E-state index in [0.717, 1.165) is 11.3 Å². The molecular formula is C14H18N2O2. The van der Waals surface area contributed by atoms with E-state index >= 15 is 0 Å². The van der Waals surface area contributed by atoms with Crippen LogP contribution in [0.25, 0.3) is 0 Å². The largest absolute Gasteiger partial charge is 0.491 e. The van der Waals surface area contributed by atoms with Crippen LogP contribution in [0, 0.1) is 0 Å². The maximum absolute atomic E-state index is 11.7. The van der Waals surface area contributed by atoms with Gasteiger partial charge in [0.2, 0.25) is 5.91 Å². The molecule has 1 aromatic carbocycles. The van der Waals surface area contributed by atoms with Crippen LogP contribution >= 0.6 is 0 Å². The molecule has 18 heavy (non-hydrogen) atoms. The molecule has 96 valence electrons. The summed E-state index contributed by atoms with van der Waals surface area (Å²) < 4.78 is 5.56. The van der Waals surface area contributed by atoms with Gasteiger partial charge in [-0.3, -0.25) is 10.1 Å². The molecule has 1 aliphatic rings. The zero-order valence-electron chi connectivity index (χ0n) is 10.5. The Bertz CT molecular complexity index is 445. The van der Waals surface area contributed by atoms with E-state index in [1.54, 1.807) is 6.08 Å². The Morgan fingerprint density at radius 3 is 3.17 bits per heavy atom. The molecule has 0 fully saturated rings. The summed E-state index contributed by atoms with van der Waals surface area (Å²) in [7, 11) is 0. The molecule has 4 heteroatoms. The summed E-state index contributed by atoms with van der Waals surface area (Å²) >= 11 is 0. The number of fused-ring (bicyclic) bond motifs is 1. The first-order valence-electron chi connectivity index (χ1n) is 6.08. The Morgan fingerprint density at radius 1 is 1.61 bits per heavy atom. The van der Waals surface area contributed by atoms with Crippen LogP contribution in [0.1, 0.15) is 18.5 Å². The van der Waals surface area contributed by atoms with Crippen molar-refractivity contribution in [3.05, 3.63) is 42.5 Å². The van der Waals surface area contributed by atoms with Crippen molar-refractivity contribution in [1.82, 2.24) is 10.6 Å². The Labute approximate surface area is 107 Å². The lowest BCUT2D eigenvalue weighted by molar-refractivity contribution is -0.122. The molecule has 2 N–H and O–H groups in total. The Hall–Kier alpha value is -1.81. The van der Waals surface area contributed by atoms with E-state index in [9.17, 15) is 4.79 Å². The molecular weight excluding hydrogens is 228 g/mol. The van der Waals surface area contributed by atoms with Gasteiger partial charge in [0.25, 0.3) is 0 Å². The first kappa shape index (κ1) is 12.6. The van der Waals surface area contributed by atoms with Gasteiger partial charge in [-0.1, -0.05) is 24.3 Å². The lowest BCUT2D eigenvalue weighted by Gasteiger charge is -2.18. The molecule has 2 atom stereocenters. The molecule has 0 spiro atoms. The second-order valence-corrected chi connectivity index (χ2v) is 4.32. The first-order chi connectivity index (χ1) is 8.72. The van der Waals surface area contributed by atoms with Crippen LogP contribution in [0.3, 0.4) is 0 Å². The van der Waals surface area contributed by atoms with Crippen molar-refractivity contribution < 1.29 is 9.53 Å². The lowest BCUT2D eigenvalue weighted by atomic mass is 10.1. The Kier molecular flexibility index (Phi) is 3.99. The second kappa shape index (κ2) is 5.69. The van der Waals surface area contributed by atoms with Crippen molar-refractivity contribution in [1.29, 1.82) is 0 Å². The van der Waals surface area contributed by atoms with Gasteiger partial charge >= 0.3 is 0 Å². The molecule has 4 nitrogen and oxygen atoms in total. The standard InChI is InChI=1S/C14H18N2O2/c1-3-8-15-14(17)10(2)16-12-9-18-13-7-5-4-6-11(12)13/h3-7,10,12,16H,1,8-9H2,2H3,(H,15,17). The summed E-state index contributed by atoms with van der Waals surface area (Å²) in [6.07, 6.45) is 1.67. The molecule has 0 bridgehead atoms. The first-order valence-corrected chi connectivity index (χ1v) is 6.08. The number of hydrogen-bond donors (Lipinski definition) is 2. The topological polar surface area (TPSA) is 50.4 Å². The molecule has 0 aromatic heterocycles. The van der Waals surface area contributed by atoms with E-state index in [0.29, 0.717) is 13.2 Å². The maximum Gasteiger partial charge on any atom is 0.237 e. The molecule has 1 amide bonds. The highest BCUT2D eigenvalue weighted by molar-refractivity contribution is 5.81. The van der Waals surface area contributed by atoms with Crippen LogP contribution in [0.4, 0.5) is 0 Å². The lowest BCUT2D eigenvalue weighted by Crippen LogP contribution is -2.44. The van der Waals surface area contributed by atoms with Gasteiger partial charge in [-0.05, 0) is 13.0 Å². The molecule has 1 heterocycles. The van der Waals surface area contributed by atoms with Gasteiger partial charge in [-0.2, -0.15) is 0 Å². The highest BCUT2D eigenvalue weighted by Gasteiger charge is 2.26. The number of benzene rings is 1. The second-order valence-electron chi connectivity index (χ2n) is 4.32. The van der Waals surface area contributed by atoms with Crippen LogP contribution in [0.15, 0.2) is 36.9 Å². The number of rotatable bonds is 5. The predicted molar refractivity (Wildman–Crippen MR) is 70.5 cm³/mol. The van der Waals surface area contributed by atoms with Crippen molar-refractivity contribution in [2.75, 3.05) is 13.2 Å². The van der Waals surface area contributed by atoms with E-state index in [2.05, 4.69) is 17.2 Å². The van der Waals surface area contributed by atoms with Gasteiger partial charge in [0.05, 0.1) is 12.1 Å². The van der Waals surface area contributed by atoms with E-state index in [-0.39, 0.29) is 18.0 Å². The minimum atomic E-state index is -0.260. The summed E-state index contributed by atoms with van der Waals surface area (Å²) in [5, 5.41) is 6.04. The minimum absolute atomic E-state index is 0.0284. The Morgan fingerprint density at radius 2 is 2.39 bits per heavy atom. The normalized spacial score (nSPS) is 18.6. The van der Waals surface area contributed by atoms with Crippen molar-refractivity contribution >= 4 is 5.91 Å². The van der Waals surface area contributed by atoms with Gasteiger partial charge < -0.3 is 10.1 Å². The van der Waals surface area contributed by atoms with Gasteiger partial charge in [0, 0.05) is 12.1 Å². The molecule has 0 radical (unpaired) electrons. The van der Waals surface area contributed by atoms with E-state index in [1.165, 1.54) is 0 Å². The van der Waals surface area contributed by atoms with Crippen molar-refractivity contribution in [2.45, 2.75) is 19.0 Å². The van der Waals surface area contributed by atoms with Gasteiger partial charge in [0.15, 0.2) is 0 Å². The predicted octanol–water partition coefficient (Wildman–Crippen LogP) is 1.40. The third-order valence-corrected chi connectivity index (χ3v) is 2.97. The number of carbonyl (C=O) groups is 1. The summed E-state index contributed by atoms with van der Waals surface area (Å²) in [4.78, 5) is 11.7. The summed E-state index contributed by atoms with van der Waals surface area (Å²) in [6, 6.07) is 7.70. The number of amides is 1. The SMILES string of the molecule is C=CCNC(=O)C(C)NC1COc2ccccc21. The number of ether oxygens (including phenoxy) is 1. The van der Waals surface area contributed by atoms with E-state index in [1.807, 2.05) is 31.2 Å². The van der Waals surface area contributed by atoms with E-state index < -0.39 is 0 Å². The van der Waals surface area contributed by atoms with Gasteiger partial charge in [-0.25, -0.2) is 0 Å². The maximum atomic E-state index is 11.7. The van der Waals surface area contributed by atoms with Crippen LogP contribution in [0.2, 0.25) is 0 Å².